The van der Waals surface area contributed by atoms with E-state index in [0.717, 1.165) is 4.47 Å². The van der Waals surface area contributed by atoms with Crippen LogP contribution < -0.4 is 5.32 Å². The summed E-state index contributed by atoms with van der Waals surface area (Å²) in [7, 11) is 1.77. The van der Waals surface area contributed by atoms with Gasteiger partial charge in [-0.3, -0.25) is 0 Å². The molecule has 1 N–H and O–H groups in total. The summed E-state index contributed by atoms with van der Waals surface area (Å²) in [5, 5.41) is 3.26. The quantitative estimate of drug-likeness (QED) is 0.798. The van der Waals surface area contributed by atoms with E-state index in [4.69, 9.17) is 11.6 Å². The van der Waals surface area contributed by atoms with Crippen molar-refractivity contribution in [2.45, 2.75) is 6.54 Å². The zero-order valence-corrected chi connectivity index (χ0v) is 8.84. The maximum absolute atomic E-state index is 13.1. The predicted octanol–water partition coefficient (Wildman–Crippen LogP) is 2.96. The average molecular weight is 253 g/mol. The molecular weight excluding hydrogens is 244 g/mol. The zero-order chi connectivity index (χ0) is 9.14. The van der Waals surface area contributed by atoms with Gasteiger partial charge >= 0.3 is 0 Å². The molecule has 0 fully saturated rings. The molecule has 0 radical (unpaired) electrons. The number of hydrogen-bond donors (Lipinski definition) is 1. The summed E-state index contributed by atoms with van der Waals surface area (Å²) < 4.78 is 13.8. The third-order valence-corrected chi connectivity index (χ3v) is 2.65. The van der Waals surface area contributed by atoms with Crippen LogP contribution in [0.4, 0.5) is 4.39 Å². The summed E-state index contributed by atoms with van der Waals surface area (Å²) in [5.74, 6) is -0.280. The first-order valence-corrected chi connectivity index (χ1v) is 4.60. The van der Waals surface area contributed by atoms with E-state index in [2.05, 4.69) is 21.2 Å². The molecule has 0 aliphatic rings. The lowest BCUT2D eigenvalue weighted by Crippen LogP contribution is -2.06. The molecule has 66 valence electrons. The van der Waals surface area contributed by atoms with E-state index in [1.807, 2.05) is 0 Å². The lowest BCUT2D eigenvalue weighted by molar-refractivity contribution is 0.600. The lowest BCUT2D eigenvalue weighted by Gasteiger charge is -2.03. The van der Waals surface area contributed by atoms with Crippen molar-refractivity contribution in [1.82, 2.24) is 5.32 Å². The molecule has 0 saturated heterocycles. The van der Waals surface area contributed by atoms with Gasteiger partial charge in [0.1, 0.15) is 5.82 Å². The Hall–Kier alpha value is -0.120. The molecule has 4 heteroatoms. The van der Waals surface area contributed by atoms with Gasteiger partial charge in [-0.15, -0.1) is 0 Å². The van der Waals surface area contributed by atoms with E-state index in [1.165, 1.54) is 6.07 Å². The van der Waals surface area contributed by atoms with E-state index in [1.54, 1.807) is 13.1 Å². The minimum Gasteiger partial charge on any atom is -0.316 e. The molecule has 1 aromatic rings. The van der Waals surface area contributed by atoms with Gasteiger partial charge in [0.15, 0.2) is 0 Å². The van der Waals surface area contributed by atoms with Crippen molar-refractivity contribution in [3.8, 4) is 0 Å². The standard InChI is InChI=1S/C8H8BrClFN/c1-12-4-5-2-6(9)7(10)3-8(5)11/h2-3,12H,4H2,1H3. The van der Waals surface area contributed by atoms with Gasteiger partial charge in [-0.2, -0.15) is 0 Å². The third kappa shape index (κ3) is 2.19. The number of nitrogens with one attached hydrogen (secondary N) is 1. The van der Waals surface area contributed by atoms with Gasteiger partial charge in [-0.25, -0.2) is 4.39 Å². The smallest absolute Gasteiger partial charge is 0.129 e. The van der Waals surface area contributed by atoms with E-state index < -0.39 is 0 Å². The number of halogens is 3. The Bertz CT molecular complexity index is 291. The summed E-state index contributed by atoms with van der Waals surface area (Å²) in [6.45, 7) is 0.502. The molecule has 0 spiro atoms. The Balaban J connectivity index is 3.05. The molecule has 1 nitrogen and oxygen atoms in total. The van der Waals surface area contributed by atoms with E-state index >= 15 is 0 Å². The SMILES string of the molecule is CNCc1cc(Br)c(Cl)cc1F. The van der Waals surface area contributed by atoms with Crippen LogP contribution in [-0.2, 0) is 6.54 Å². The van der Waals surface area contributed by atoms with Crippen LogP contribution in [-0.4, -0.2) is 7.05 Å². The highest BCUT2D eigenvalue weighted by Gasteiger charge is 2.05. The topological polar surface area (TPSA) is 12.0 Å². The molecule has 0 aliphatic heterocycles. The van der Waals surface area contributed by atoms with E-state index in [9.17, 15) is 4.39 Å². The molecule has 1 rings (SSSR count). The fourth-order valence-electron chi connectivity index (χ4n) is 0.890. The van der Waals surface area contributed by atoms with Crippen LogP contribution in [0.5, 0.6) is 0 Å². The van der Waals surface area contributed by atoms with Crippen molar-refractivity contribution in [3.63, 3.8) is 0 Å². The Labute approximate surface area is 84.0 Å². The van der Waals surface area contributed by atoms with Gasteiger partial charge in [-0.05, 0) is 35.1 Å². The average Bonchev–Trinajstić information content (AvgIpc) is 2.01. The molecule has 0 saturated carbocycles. The number of hydrogen-bond acceptors (Lipinski definition) is 1. The van der Waals surface area contributed by atoms with Crippen molar-refractivity contribution in [1.29, 1.82) is 0 Å². The van der Waals surface area contributed by atoms with Crippen LogP contribution in [0.3, 0.4) is 0 Å². The Morgan fingerprint density at radius 1 is 1.58 bits per heavy atom. The zero-order valence-electron chi connectivity index (χ0n) is 6.50. The Kier molecular flexibility index (Phi) is 3.50. The van der Waals surface area contributed by atoms with Crippen molar-refractivity contribution in [3.05, 3.63) is 33.0 Å². The summed E-state index contributed by atoms with van der Waals surface area (Å²) in [5.41, 5.74) is 0.605. The van der Waals surface area contributed by atoms with Gasteiger partial charge in [0.25, 0.3) is 0 Å². The van der Waals surface area contributed by atoms with Crippen molar-refractivity contribution < 1.29 is 4.39 Å². The highest BCUT2D eigenvalue weighted by molar-refractivity contribution is 9.10. The van der Waals surface area contributed by atoms with Crippen LogP contribution >= 0.6 is 27.5 Å². The second kappa shape index (κ2) is 4.21. The molecule has 0 aliphatic carbocycles. The summed E-state index contributed by atoms with van der Waals surface area (Å²) in [6, 6.07) is 2.98. The van der Waals surface area contributed by atoms with Crippen molar-refractivity contribution in [2.75, 3.05) is 7.05 Å². The molecule has 0 amide bonds. The maximum Gasteiger partial charge on any atom is 0.129 e. The fourth-order valence-corrected chi connectivity index (χ4v) is 1.43. The van der Waals surface area contributed by atoms with Crippen LogP contribution in [0.2, 0.25) is 5.02 Å². The second-order valence-electron chi connectivity index (χ2n) is 2.39. The summed E-state index contributed by atoms with van der Waals surface area (Å²) in [4.78, 5) is 0. The normalized spacial score (nSPS) is 10.3. The largest absolute Gasteiger partial charge is 0.316 e. The Morgan fingerprint density at radius 3 is 2.83 bits per heavy atom. The lowest BCUT2D eigenvalue weighted by atomic mass is 10.2. The van der Waals surface area contributed by atoms with Crippen LogP contribution in [0.1, 0.15) is 5.56 Å². The minimum atomic E-state index is -0.280. The van der Waals surface area contributed by atoms with Gasteiger partial charge in [0.2, 0.25) is 0 Å². The first kappa shape index (κ1) is 9.96. The van der Waals surface area contributed by atoms with Gasteiger partial charge in [-0.1, -0.05) is 11.6 Å². The third-order valence-electron chi connectivity index (χ3n) is 1.46. The molecule has 12 heavy (non-hydrogen) atoms. The fraction of sp³-hybridized carbons (Fsp3) is 0.250. The van der Waals surface area contributed by atoms with Crippen molar-refractivity contribution >= 4 is 27.5 Å². The first-order valence-electron chi connectivity index (χ1n) is 3.43. The molecular formula is C8H8BrClFN. The van der Waals surface area contributed by atoms with Crippen LogP contribution in [0, 0.1) is 5.82 Å². The summed E-state index contributed by atoms with van der Waals surface area (Å²) in [6.07, 6.45) is 0. The Morgan fingerprint density at radius 2 is 2.25 bits per heavy atom. The minimum absolute atomic E-state index is 0.280. The van der Waals surface area contributed by atoms with E-state index in [-0.39, 0.29) is 5.82 Å². The first-order chi connectivity index (χ1) is 5.65. The van der Waals surface area contributed by atoms with Gasteiger partial charge < -0.3 is 5.32 Å². The highest BCUT2D eigenvalue weighted by atomic mass is 79.9. The van der Waals surface area contributed by atoms with Crippen LogP contribution in [0.25, 0.3) is 0 Å². The van der Waals surface area contributed by atoms with Crippen LogP contribution in [0.15, 0.2) is 16.6 Å². The molecule has 0 aromatic heterocycles. The molecule has 0 atom stereocenters. The molecule has 0 bridgehead atoms. The number of benzene rings is 1. The van der Waals surface area contributed by atoms with E-state index in [0.29, 0.717) is 17.1 Å². The monoisotopic (exact) mass is 251 g/mol. The summed E-state index contributed by atoms with van der Waals surface area (Å²) >= 11 is 8.90. The predicted molar refractivity (Wildman–Crippen MR) is 51.9 cm³/mol. The second-order valence-corrected chi connectivity index (χ2v) is 3.65. The molecule has 0 heterocycles. The number of rotatable bonds is 2. The van der Waals surface area contributed by atoms with Gasteiger partial charge in [0.05, 0.1) is 5.02 Å². The van der Waals surface area contributed by atoms with Gasteiger partial charge in [0, 0.05) is 16.6 Å². The highest BCUT2D eigenvalue weighted by Crippen LogP contribution is 2.25. The maximum atomic E-state index is 13.1. The molecule has 1 aromatic carbocycles. The van der Waals surface area contributed by atoms with Crippen molar-refractivity contribution in [2.24, 2.45) is 0 Å². The molecule has 0 unspecified atom stereocenters.